The van der Waals surface area contributed by atoms with Crippen LogP contribution in [0.15, 0.2) is 36.4 Å². The molecule has 2 nitrogen and oxygen atoms in total. The van der Waals surface area contributed by atoms with Crippen molar-refractivity contribution in [2.45, 2.75) is 26.8 Å². The first-order valence-electron chi connectivity index (χ1n) is 7.01. The fourth-order valence-electron chi connectivity index (χ4n) is 1.92. The summed E-state index contributed by atoms with van der Waals surface area (Å²) in [5.74, 6) is 0.819. The molecule has 0 bridgehead atoms. The van der Waals surface area contributed by atoms with E-state index in [0.717, 1.165) is 34.0 Å². The van der Waals surface area contributed by atoms with E-state index in [-0.39, 0.29) is 0 Å². The van der Waals surface area contributed by atoms with Crippen LogP contribution in [0.2, 0.25) is 10.0 Å². The Morgan fingerprint density at radius 2 is 1.90 bits per heavy atom. The molecule has 0 heterocycles. The summed E-state index contributed by atoms with van der Waals surface area (Å²) in [5, 5.41) is 4.82. The second kappa shape index (κ2) is 7.58. The van der Waals surface area contributed by atoms with E-state index in [1.54, 1.807) is 0 Å². The van der Waals surface area contributed by atoms with E-state index in [4.69, 9.17) is 27.9 Å². The molecule has 0 atom stereocenters. The maximum Gasteiger partial charge on any atom is 0.142 e. The van der Waals surface area contributed by atoms with E-state index in [1.807, 2.05) is 37.3 Å². The molecule has 0 fully saturated rings. The molecule has 21 heavy (non-hydrogen) atoms. The van der Waals surface area contributed by atoms with Gasteiger partial charge in [0.25, 0.3) is 0 Å². The molecule has 1 N–H and O–H groups in total. The Morgan fingerprint density at radius 1 is 1.10 bits per heavy atom. The number of aryl methyl sites for hydroxylation is 1. The molecule has 0 aliphatic rings. The molecule has 0 aromatic heterocycles. The molecular weight excluding hydrogens is 305 g/mol. The Hall–Kier alpha value is -1.38. The van der Waals surface area contributed by atoms with Gasteiger partial charge in [-0.25, -0.2) is 0 Å². The zero-order valence-corrected chi connectivity index (χ0v) is 13.8. The van der Waals surface area contributed by atoms with Crippen molar-refractivity contribution < 1.29 is 4.74 Å². The SMILES string of the molecule is CCCOc1ccc(Cl)cc1NCc1ccc(C)c(Cl)c1. The first kappa shape index (κ1) is 16.0. The minimum Gasteiger partial charge on any atom is -0.491 e. The predicted octanol–water partition coefficient (Wildman–Crippen LogP) is 5.70. The highest BCUT2D eigenvalue weighted by Gasteiger charge is 2.05. The summed E-state index contributed by atoms with van der Waals surface area (Å²) in [6.45, 7) is 5.43. The number of halogens is 2. The van der Waals surface area contributed by atoms with Gasteiger partial charge in [0.2, 0.25) is 0 Å². The van der Waals surface area contributed by atoms with Crippen LogP contribution in [0.5, 0.6) is 5.75 Å². The van der Waals surface area contributed by atoms with Gasteiger partial charge < -0.3 is 10.1 Å². The first-order chi connectivity index (χ1) is 10.1. The molecule has 0 radical (unpaired) electrons. The third kappa shape index (κ3) is 4.55. The third-order valence-electron chi connectivity index (χ3n) is 3.12. The lowest BCUT2D eigenvalue weighted by Crippen LogP contribution is -2.03. The average Bonchev–Trinajstić information content (AvgIpc) is 2.47. The van der Waals surface area contributed by atoms with Crippen molar-refractivity contribution in [2.75, 3.05) is 11.9 Å². The second-order valence-electron chi connectivity index (χ2n) is 4.93. The Kier molecular flexibility index (Phi) is 5.77. The topological polar surface area (TPSA) is 21.3 Å². The summed E-state index contributed by atoms with van der Waals surface area (Å²) >= 11 is 12.2. The van der Waals surface area contributed by atoms with E-state index in [1.165, 1.54) is 0 Å². The summed E-state index contributed by atoms with van der Waals surface area (Å²) in [6.07, 6.45) is 0.968. The molecule has 0 unspecified atom stereocenters. The van der Waals surface area contributed by atoms with Gasteiger partial charge >= 0.3 is 0 Å². The fourth-order valence-corrected chi connectivity index (χ4v) is 2.30. The molecule has 4 heteroatoms. The molecule has 0 amide bonds. The number of ether oxygens (including phenoxy) is 1. The van der Waals surface area contributed by atoms with Gasteiger partial charge in [0, 0.05) is 16.6 Å². The number of hydrogen-bond acceptors (Lipinski definition) is 2. The van der Waals surface area contributed by atoms with Gasteiger partial charge in [0.05, 0.1) is 12.3 Å². The Bertz CT molecular complexity index is 614. The smallest absolute Gasteiger partial charge is 0.142 e. The molecule has 0 aliphatic heterocycles. The number of rotatable bonds is 6. The van der Waals surface area contributed by atoms with Gasteiger partial charge in [0.1, 0.15) is 5.75 Å². The minimum absolute atomic E-state index is 0.669. The monoisotopic (exact) mass is 323 g/mol. The van der Waals surface area contributed by atoms with E-state index >= 15 is 0 Å². The molecule has 112 valence electrons. The first-order valence-corrected chi connectivity index (χ1v) is 7.77. The van der Waals surface area contributed by atoms with Crippen molar-refractivity contribution in [3.63, 3.8) is 0 Å². The Balaban J connectivity index is 2.10. The van der Waals surface area contributed by atoms with Crippen molar-refractivity contribution in [1.29, 1.82) is 0 Å². The molecule has 2 aromatic rings. The zero-order chi connectivity index (χ0) is 15.2. The summed E-state index contributed by atoms with van der Waals surface area (Å²) in [7, 11) is 0. The molecular formula is C17H19Cl2NO. The van der Waals surface area contributed by atoms with E-state index in [9.17, 15) is 0 Å². The van der Waals surface area contributed by atoms with Crippen LogP contribution >= 0.6 is 23.2 Å². The van der Waals surface area contributed by atoms with Crippen LogP contribution in [0.1, 0.15) is 24.5 Å². The largest absolute Gasteiger partial charge is 0.491 e. The van der Waals surface area contributed by atoms with Crippen molar-refractivity contribution in [3.05, 3.63) is 57.6 Å². The van der Waals surface area contributed by atoms with Gasteiger partial charge in [-0.15, -0.1) is 0 Å². The lowest BCUT2D eigenvalue weighted by molar-refractivity contribution is 0.319. The van der Waals surface area contributed by atoms with Gasteiger partial charge in [-0.05, 0) is 48.7 Å². The Labute approximate surface area is 136 Å². The average molecular weight is 324 g/mol. The summed E-state index contributed by atoms with van der Waals surface area (Å²) in [5.41, 5.74) is 3.09. The molecule has 2 aromatic carbocycles. The molecule has 0 saturated carbocycles. The summed E-state index contributed by atoms with van der Waals surface area (Å²) < 4.78 is 5.73. The minimum atomic E-state index is 0.669. The van der Waals surface area contributed by atoms with Gasteiger partial charge in [0.15, 0.2) is 0 Å². The van der Waals surface area contributed by atoms with Crippen molar-refractivity contribution in [3.8, 4) is 5.75 Å². The molecule has 2 rings (SSSR count). The number of hydrogen-bond donors (Lipinski definition) is 1. The van der Waals surface area contributed by atoms with Gasteiger partial charge in [-0.1, -0.05) is 42.3 Å². The van der Waals surface area contributed by atoms with E-state index < -0.39 is 0 Å². The van der Waals surface area contributed by atoms with Crippen molar-refractivity contribution in [2.24, 2.45) is 0 Å². The number of nitrogens with one attached hydrogen (secondary N) is 1. The highest BCUT2D eigenvalue weighted by Crippen LogP contribution is 2.29. The molecule has 0 spiro atoms. The van der Waals surface area contributed by atoms with Gasteiger partial charge in [-0.2, -0.15) is 0 Å². The van der Waals surface area contributed by atoms with Crippen molar-refractivity contribution in [1.82, 2.24) is 0 Å². The predicted molar refractivity (Wildman–Crippen MR) is 90.8 cm³/mol. The summed E-state index contributed by atoms with van der Waals surface area (Å²) in [6, 6.07) is 11.7. The van der Waals surface area contributed by atoms with Crippen LogP contribution in [-0.2, 0) is 6.54 Å². The molecule has 0 saturated heterocycles. The lowest BCUT2D eigenvalue weighted by Gasteiger charge is -2.14. The maximum absolute atomic E-state index is 6.15. The second-order valence-corrected chi connectivity index (χ2v) is 5.77. The number of anilines is 1. The zero-order valence-electron chi connectivity index (χ0n) is 12.2. The highest BCUT2D eigenvalue weighted by atomic mass is 35.5. The standard InChI is InChI=1S/C17H19Cl2NO/c1-3-8-21-17-7-6-14(18)10-16(17)20-11-13-5-4-12(2)15(19)9-13/h4-7,9-10,20H,3,8,11H2,1-2H3. The van der Waals surface area contributed by atoms with E-state index in [2.05, 4.69) is 18.3 Å². The van der Waals surface area contributed by atoms with Crippen LogP contribution in [0, 0.1) is 6.92 Å². The van der Waals surface area contributed by atoms with Crippen LogP contribution in [0.25, 0.3) is 0 Å². The Morgan fingerprint density at radius 3 is 2.62 bits per heavy atom. The van der Waals surface area contributed by atoms with Gasteiger partial charge in [-0.3, -0.25) is 0 Å². The quantitative estimate of drug-likeness (QED) is 0.735. The maximum atomic E-state index is 6.15. The summed E-state index contributed by atoms with van der Waals surface area (Å²) in [4.78, 5) is 0. The molecule has 0 aliphatic carbocycles. The van der Waals surface area contributed by atoms with Crippen LogP contribution in [0.3, 0.4) is 0 Å². The van der Waals surface area contributed by atoms with Crippen LogP contribution in [0.4, 0.5) is 5.69 Å². The number of benzene rings is 2. The van der Waals surface area contributed by atoms with Crippen LogP contribution in [-0.4, -0.2) is 6.61 Å². The lowest BCUT2D eigenvalue weighted by atomic mass is 10.1. The normalized spacial score (nSPS) is 10.5. The highest BCUT2D eigenvalue weighted by molar-refractivity contribution is 6.31. The van der Waals surface area contributed by atoms with E-state index in [0.29, 0.717) is 18.2 Å². The van der Waals surface area contributed by atoms with Crippen LogP contribution < -0.4 is 10.1 Å². The third-order valence-corrected chi connectivity index (χ3v) is 3.76. The fraction of sp³-hybridized carbons (Fsp3) is 0.294. The van der Waals surface area contributed by atoms with Crippen molar-refractivity contribution >= 4 is 28.9 Å².